The van der Waals surface area contributed by atoms with Crippen LogP contribution in [0.4, 0.5) is 0 Å². The van der Waals surface area contributed by atoms with Crippen molar-refractivity contribution < 1.29 is 28.2 Å². The SMILES string of the molecule is CCOc1ccccc1C(=O)NCC(=O)OCc1cc(=O)oc2cc(OC)ccc12. The second-order valence-electron chi connectivity index (χ2n) is 6.23. The van der Waals surface area contributed by atoms with E-state index in [0.29, 0.717) is 40.2 Å². The molecule has 0 radical (unpaired) electrons. The van der Waals surface area contributed by atoms with Crippen molar-refractivity contribution in [2.75, 3.05) is 20.3 Å². The fraction of sp³-hybridized carbons (Fsp3) is 0.227. The summed E-state index contributed by atoms with van der Waals surface area (Å²) in [7, 11) is 1.51. The molecule has 156 valence electrons. The number of rotatable bonds is 8. The predicted octanol–water partition coefficient (Wildman–Crippen LogP) is 2.67. The van der Waals surface area contributed by atoms with E-state index in [0.717, 1.165) is 0 Å². The molecule has 0 aliphatic rings. The van der Waals surface area contributed by atoms with Crippen molar-refractivity contribution in [3.8, 4) is 11.5 Å². The summed E-state index contributed by atoms with van der Waals surface area (Å²) in [6, 6.07) is 13.0. The van der Waals surface area contributed by atoms with Crippen molar-refractivity contribution in [3.63, 3.8) is 0 Å². The molecule has 8 nitrogen and oxygen atoms in total. The smallest absolute Gasteiger partial charge is 0.336 e. The van der Waals surface area contributed by atoms with Gasteiger partial charge in [-0.2, -0.15) is 0 Å². The monoisotopic (exact) mass is 411 g/mol. The zero-order chi connectivity index (χ0) is 21.5. The Bertz CT molecular complexity index is 1120. The Balaban J connectivity index is 1.63. The highest BCUT2D eigenvalue weighted by Gasteiger charge is 2.14. The Morgan fingerprint density at radius 3 is 2.67 bits per heavy atom. The minimum Gasteiger partial charge on any atom is -0.497 e. The Morgan fingerprint density at radius 1 is 1.10 bits per heavy atom. The number of esters is 1. The van der Waals surface area contributed by atoms with Crippen LogP contribution in [0, 0.1) is 0 Å². The molecule has 3 rings (SSSR count). The summed E-state index contributed by atoms with van der Waals surface area (Å²) < 4.78 is 20.9. The van der Waals surface area contributed by atoms with Crippen molar-refractivity contribution in [1.29, 1.82) is 0 Å². The fourth-order valence-corrected chi connectivity index (χ4v) is 2.85. The van der Waals surface area contributed by atoms with Gasteiger partial charge >= 0.3 is 11.6 Å². The van der Waals surface area contributed by atoms with Gasteiger partial charge in [0.25, 0.3) is 5.91 Å². The van der Waals surface area contributed by atoms with Gasteiger partial charge in [0.05, 0.1) is 19.3 Å². The summed E-state index contributed by atoms with van der Waals surface area (Å²) >= 11 is 0. The maximum atomic E-state index is 12.3. The highest BCUT2D eigenvalue weighted by molar-refractivity contribution is 5.98. The van der Waals surface area contributed by atoms with E-state index in [9.17, 15) is 14.4 Å². The van der Waals surface area contributed by atoms with Gasteiger partial charge in [0, 0.05) is 23.1 Å². The molecule has 0 fully saturated rings. The van der Waals surface area contributed by atoms with Gasteiger partial charge in [-0.3, -0.25) is 9.59 Å². The van der Waals surface area contributed by atoms with E-state index in [4.69, 9.17) is 18.6 Å². The van der Waals surface area contributed by atoms with Crippen molar-refractivity contribution in [2.24, 2.45) is 0 Å². The molecule has 0 aliphatic heterocycles. The largest absolute Gasteiger partial charge is 0.497 e. The third-order valence-electron chi connectivity index (χ3n) is 4.25. The lowest BCUT2D eigenvalue weighted by Crippen LogP contribution is -2.31. The first kappa shape index (κ1) is 20.9. The van der Waals surface area contributed by atoms with Gasteiger partial charge in [-0.15, -0.1) is 0 Å². The summed E-state index contributed by atoms with van der Waals surface area (Å²) in [4.78, 5) is 36.2. The molecule has 0 bridgehead atoms. The number of carbonyl (C=O) groups excluding carboxylic acids is 2. The third kappa shape index (κ3) is 4.96. The molecule has 0 unspecified atom stereocenters. The van der Waals surface area contributed by atoms with Gasteiger partial charge < -0.3 is 23.9 Å². The molecule has 0 spiro atoms. The highest BCUT2D eigenvalue weighted by Crippen LogP contribution is 2.23. The molecule has 30 heavy (non-hydrogen) atoms. The first-order valence-electron chi connectivity index (χ1n) is 9.28. The zero-order valence-electron chi connectivity index (χ0n) is 16.6. The van der Waals surface area contributed by atoms with Gasteiger partial charge in [0.15, 0.2) is 0 Å². The van der Waals surface area contributed by atoms with Crippen LogP contribution < -0.4 is 20.4 Å². The molecular weight excluding hydrogens is 390 g/mol. The van der Waals surface area contributed by atoms with E-state index in [1.807, 2.05) is 6.92 Å². The summed E-state index contributed by atoms with van der Waals surface area (Å²) in [6.07, 6.45) is 0. The van der Waals surface area contributed by atoms with Crippen molar-refractivity contribution in [1.82, 2.24) is 5.32 Å². The van der Waals surface area contributed by atoms with Crippen molar-refractivity contribution in [2.45, 2.75) is 13.5 Å². The number of hydrogen-bond acceptors (Lipinski definition) is 7. The van der Waals surface area contributed by atoms with Crippen LogP contribution in [0.1, 0.15) is 22.8 Å². The van der Waals surface area contributed by atoms with Crippen LogP contribution in [0.3, 0.4) is 0 Å². The Morgan fingerprint density at radius 2 is 1.90 bits per heavy atom. The number of benzene rings is 2. The number of methoxy groups -OCH3 is 1. The molecule has 0 saturated carbocycles. The number of fused-ring (bicyclic) bond motifs is 1. The number of carbonyl (C=O) groups is 2. The lowest BCUT2D eigenvalue weighted by Gasteiger charge is -2.11. The van der Waals surface area contributed by atoms with Crippen LogP contribution in [0.2, 0.25) is 0 Å². The molecule has 1 N–H and O–H groups in total. The van der Waals surface area contributed by atoms with Gasteiger partial charge in [-0.05, 0) is 31.2 Å². The van der Waals surface area contributed by atoms with Crippen LogP contribution in [0.25, 0.3) is 11.0 Å². The molecule has 2 aromatic carbocycles. The topological polar surface area (TPSA) is 104 Å². The Kier molecular flexibility index (Phi) is 6.69. The Hall–Kier alpha value is -3.81. The van der Waals surface area contributed by atoms with E-state index in [-0.39, 0.29) is 13.2 Å². The van der Waals surface area contributed by atoms with Gasteiger partial charge in [0.1, 0.15) is 30.2 Å². The molecule has 3 aromatic rings. The first-order chi connectivity index (χ1) is 14.5. The molecule has 1 aromatic heterocycles. The van der Waals surface area contributed by atoms with E-state index >= 15 is 0 Å². The summed E-state index contributed by atoms with van der Waals surface area (Å²) in [5.41, 5.74) is 0.578. The normalized spacial score (nSPS) is 10.5. The van der Waals surface area contributed by atoms with Crippen LogP contribution in [0.5, 0.6) is 11.5 Å². The molecule has 8 heteroatoms. The van der Waals surface area contributed by atoms with Gasteiger partial charge in [-0.1, -0.05) is 12.1 Å². The lowest BCUT2D eigenvalue weighted by atomic mass is 10.1. The highest BCUT2D eigenvalue weighted by atomic mass is 16.5. The Labute approximate surface area is 172 Å². The van der Waals surface area contributed by atoms with Crippen LogP contribution in [-0.4, -0.2) is 32.1 Å². The predicted molar refractivity (Wildman–Crippen MR) is 109 cm³/mol. The zero-order valence-corrected chi connectivity index (χ0v) is 16.6. The van der Waals surface area contributed by atoms with E-state index in [1.165, 1.54) is 13.2 Å². The fourth-order valence-electron chi connectivity index (χ4n) is 2.85. The minimum absolute atomic E-state index is 0.140. The average Bonchev–Trinajstić information content (AvgIpc) is 2.75. The number of para-hydroxylation sites is 1. The van der Waals surface area contributed by atoms with Crippen molar-refractivity contribution in [3.05, 3.63) is 70.1 Å². The van der Waals surface area contributed by atoms with E-state index in [2.05, 4.69) is 5.32 Å². The standard InChI is InChI=1S/C22H21NO7/c1-3-28-18-7-5-4-6-17(18)22(26)23-12-21(25)29-13-14-10-20(24)30-19-11-15(27-2)8-9-16(14)19/h4-11H,3,12-13H2,1-2H3,(H,23,26). The summed E-state index contributed by atoms with van der Waals surface area (Å²) in [5, 5.41) is 3.13. The molecule has 0 saturated heterocycles. The summed E-state index contributed by atoms with van der Waals surface area (Å²) in [5.74, 6) is -0.125. The van der Waals surface area contributed by atoms with Crippen LogP contribution >= 0.6 is 0 Å². The lowest BCUT2D eigenvalue weighted by molar-refractivity contribution is -0.143. The molecule has 1 heterocycles. The first-order valence-corrected chi connectivity index (χ1v) is 9.28. The second kappa shape index (κ2) is 9.60. The van der Waals surface area contributed by atoms with Gasteiger partial charge in [-0.25, -0.2) is 4.79 Å². The van der Waals surface area contributed by atoms with Crippen LogP contribution in [-0.2, 0) is 16.1 Å². The number of hydrogen-bond donors (Lipinski definition) is 1. The molecular formula is C22H21NO7. The van der Waals surface area contributed by atoms with E-state index < -0.39 is 17.5 Å². The quantitative estimate of drug-likeness (QED) is 0.449. The third-order valence-corrected chi connectivity index (χ3v) is 4.25. The molecule has 0 atom stereocenters. The van der Waals surface area contributed by atoms with E-state index in [1.54, 1.807) is 42.5 Å². The second-order valence-corrected chi connectivity index (χ2v) is 6.23. The average molecular weight is 411 g/mol. The minimum atomic E-state index is -0.646. The number of nitrogens with one attached hydrogen (secondary N) is 1. The van der Waals surface area contributed by atoms with Gasteiger partial charge in [0.2, 0.25) is 0 Å². The molecule has 0 aliphatic carbocycles. The van der Waals surface area contributed by atoms with Crippen LogP contribution in [0.15, 0.2) is 57.7 Å². The summed E-state index contributed by atoms with van der Waals surface area (Å²) in [6.45, 7) is 1.76. The number of amides is 1. The van der Waals surface area contributed by atoms with Crippen molar-refractivity contribution >= 4 is 22.8 Å². The maximum Gasteiger partial charge on any atom is 0.336 e. The maximum absolute atomic E-state index is 12.3. The molecule has 1 amide bonds. The number of ether oxygens (including phenoxy) is 3.